The predicted molar refractivity (Wildman–Crippen MR) is 99.7 cm³/mol. The van der Waals surface area contributed by atoms with Crippen molar-refractivity contribution in [2.45, 2.75) is 6.54 Å². The number of nitrogens with one attached hydrogen (secondary N) is 1. The fourth-order valence-electron chi connectivity index (χ4n) is 2.66. The summed E-state index contributed by atoms with van der Waals surface area (Å²) in [6, 6.07) is 18.9. The van der Waals surface area contributed by atoms with Gasteiger partial charge in [0.05, 0.1) is 29.7 Å². The van der Waals surface area contributed by atoms with Gasteiger partial charge in [-0.1, -0.05) is 30.3 Å². The molecular weight excluding hydrogens is 326 g/mol. The molecule has 26 heavy (non-hydrogen) atoms. The molecule has 130 valence electrons. The molecule has 6 heteroatoms. The van der Waals surface area contributed by atoms with Gasteiger partial charge in [0.25, 0.3) is 0 Å². The van der Waals surface area contributed by atoms with Crippen molar-refractivity contribution in [3.05, 3.63) is 78.1 Å². The number of para-hydroxylation sites is 2. The Kier molecular flexibility index (Phi) is 5.42. The van der Waals surface area contributed by atoms with Crippen LogP contribution in [0.15, 0.2) is 67.0 Å². The standard InChI is InChI=1S/C20H19N5O/c1-24(15-20(26)23-19-10-6-5-7-17(19)11-21)13-16-12-22-25(14-16)18-8-3-2-4-9-18/h2-10,12,14H,13,15H2,1H3,(H,23,26). The molecule has 6 nitrogen and oxygen atoms in total. The highest BCUT2D eigenvalue weighted by molar-refractivity contribution is 5.93. The zero-order chi connectivity index (χ0) is 18.4. The van der Waals surface area contributed by atoms with Crippen LogP contribution in [0.1, 0.15) is 11.1 Å². The number of amides is 1. The Morgan fingerprint density at radius 2 is 1.92 bits per heavy atom. The van der Waals surface area contributed by atoms with Gasteiger partial charge in [-0.05, 0) is 31.3 Å². The SMILES string of the molecule is CN(CC(=O)Nc1ccccc1C#N)Cc1cnn(-c2ccccc2)c1. The summed E-state index contributed by atoms with van der Waals surface area (Å²) in [5, 5.41) is 16.2. The van der Waals surface area contributed by atoms with E-state index in [9.17, 15) is 4.79 Å². The lowest BCUT2D eigenvalue weighted by Gasteiger charge is -2.15. The van der Waals surface area contributed by atoms with E-state index in [0.717, 1.165) is 11.3 Å². The minimum Gasteiger partial charge on any atom is -0.324 e. The summed E-state index contributed by atoms with van der Waals surface area (Å²) in [6.45, 7) is 0.816. The normalized spacial score (nSPS) is 10.5. The first-order valence-electron chi connectivity index (χ1n) is 8.22. The first-order chi connectivity index (χ1) is 12.7. The fourth-order valence-corrected chi connectivity index (χ4v) is 2.66. The van der Waals surface area contributed by atoms with Crippen LogP contribution in [-0.4, -0.2) is 34.2 Å². The number of hydrogen-bond acceptors (Lipinski definition) is 4. The molecule has 1 heterocycles. The molecule has 0 fully saturated rings. The van der Waals surface area contributed by atoms with Gasteiger partial charge in [0, 0.05) is 18.3 Å². The van der Waals surface area contributed by atoms with Crippen molar-refractivity contribution in [2.75, 3.05) is 18.9 Å². The summed E-state index contributed by atoms with van der Waals surface area (Å²) in [5.74, 6) is -0.161. The van der Waals surface area contributed by atoms with Gasteiger partial charge in [-0.25, -0.2) is 4.68 Å². The van der Waals surface area contributed by atoms with Crippen LogP contribution in [0.5, 0.6) is 0 Å². The van der Waals surface area contributed by atoms with Gasteiger partial charge in [-0.15, -0.1) is 0 Å². The number of nitriles is 1. The molecule has 1 N–H and O–H groups in total. The Labute approximate surface area is 152 Å². The second-order valence-electron chi connectivity index (χ2n) is 6.01. The Hall–Kier alpha value is -3.43. The van der Waals surface area contributed by atoms with E-state index in [0.29, 0.717) is 17.8 Å². The minimum absolute atomic E-state index is 0.161. The van der Waals surface area contributed by atoms with Crippen LogP contribution >= 0.6 is 0 Å². The third-order valence-corrected chi connectivity index (χ3v) is 3.84. The second kappa shape index (κ2) is 8.10. The van der Waals surface area contributed by atoms with Gasteiger partial charge >= 0.3 is 0 Å². The molecule has 0 atom stereocenters. The van der Waals surface area contributed by atoms with E-state index >= 15 is 0 Å². The summed E-state index contributed by atoms with van der Waals surface area (Å²) >= 11 is 0. The molecule has 0 bridgehead atoms. The molecule has 0 aliphatic carbocycles. The quantitative estimate of drug-likeness (QED) is 0.745. The Bertz CT molecular complexity index is 927. The number of benzene rings is 2. The molecule has 3 rings (SSSR count). The van der Waals surface area contributed by atoms with Crippen molar-refractivity contribution >= 4 is 11.6 Å². The highest BCUT2D eigenvalue weighted by atomic mass is 16.2. The first kappa shape index (κ1) is 17.4. The monoisotopic (exact) mass is 345 g/mol. The van der Waals surface area contributed by atoms with Crippen molar-refractivity contribution in [3.63, 3.8) is 0 Å². The number of carbonyl (C=O) groups excluding carboxylic acids is 1. The van der Waals surface area contributed by atoms with Crippen LogP contribution in [0.4, 0.5) is 5.69 Å². The first-order valence-corrected chi connectivity index (χ1v) is 8.22. The average Bonchev–Trinajstić information content (AvgIpc) is 3.11. The average molecular weight is 345 g/mol. The highest BCUT2D eigenvalue weighted by Crippen LogP contribution is 2.14. The molecule has 2 aromatic carbocycles. The maximum absolute atomic E-state index is 12.2. The zero-order valence-corrected chi connectivity index (χ0v) is 14.5. The van der Waals surface area contributed by atoms with Gasteiger partial charge in [-0.2, -0.15) is 10.4 Å². The van der Waals surface area contributed by atoms with Gasteiger partial charge in [0.15, 0.2) is 0 Å². The molecule has 0 aliphatic rings. The van der Waals surface area contributed by atoms with E-state index in [-0.39, 0.29) is 12.5 Å². The van der Waals surface area contributed by atoms with Gasteiger partial charge in [0.2, 0.25) is 5.91 Å². The van der Waals surface area contributed by atoms with Crippen LogP contribution in [0.3, 0.4) is 0 Å². The van der Waals surface area contributed by atoms with Crippen LogP contribution in [0.25, 0.3) is 5.69 Å². The molecule has 0 unspecified atom stereocenters. The number of rotatable bonds is 6. The third kappa shape index (κ3) is 4.35. The fraction of sp³-hybridized carbons (Fsp3) is 0.150. The molecule has 0 radical (unpaired) electrons. The van der Waals surface area contributed by atoms with Crippen LogP contribution in [0.2, 0.25) is 0 Å². The predicted octanol–water partition coefficient (Wildman–Crippen LogP) is 2.81. The molecule has 1 aromatic heterocycles. The number of aromatic nitrogens is 2. The van der Waals surface area contributed by atoms with Crippen molar-refractivity contribution < 1.29 is 4.79 Å². The maximum atomic E-state index is 12.2. The Balaban J connectivity index is 1.57. The molecule has 3 aromatic rings. The Morgan fingerprint density at radius 1 is 1.19 bits per heavy atom. The van der Waals surface area contributed by atoms with Gasteiger partial charge < -0.3 is 5.32 Å². The van der Waals surface area contributed by atoms with Crippen LogP contribution in [0, 0.1) is 11.3 Å². The Morgan fingerprint density at radius 3 is 2.69 bits per heavy atom. The molecule has 1 amide bonds. The zero-order valence-electron chi connectivity index (χ0n) is 14.5. The van der Waals surface area contributed by atoms with E-state index in [1.165, 1.54) is 0 Å². The maximum Gasteiger partial charge on any atom is 0.238 e. The summed E-state index contributed by atoms with van der Waals surface area (Å²) in [6.07, 6.45) is 3.75. The number of anilines is 1. The summed E-state index contributed by atoms with van der Waals surface area (Å²) in [7, 11) is 1.87. The lowest BCUT2D eigenvalue weighted by molar-refractivity contribution is -0.117. The third-order valence-electron chi connectivity index (χ3n) is 3.84. The number of likely N-dealkylation sites (N-methyl/N-ethyl adjacent to an activating group) is 1. The summed E-state index contributed by atoms with van der Waals surface area (Å²) in [4.78, 5) is 14.1. The number of carbonyl (C=O) groups is 1. The van der Waals surface area contributed by atoms with E-state index in [1.807, 2.05) is 53.2 Å². The summed E-state index contributed by atoms with van der Waals surface area (Å²) < 4.78 is 1.81. The summed E-state index contributed by atoms with van der Waals surface area (Å²) in [5.41, 5.74) is 2.99. The van der Waals surface area contributed by atoms with Crippen molar-refractivity contribution in [1.29, 1.82) is 5.26 Å². The molecule has 0 saturated carbocycles. The van der Waals surface area contributed by atoms with Crippen LogP contribution in [-0.2, 0) is 11.3 Å². The minimum atomic E-state index is -0.161. The molecule has 0 saturated heterocycles. The number of hydrogen-bond donors (Lipinski definition) is 1. The topological polar surface area (TPSA) is 74.0 Å². The smallest absolute Gasteiger partial charge is 0.238 e. The lowest BCUT2D eigenvalue weighted by Crippen LogP contribution is -2.29. The molecular formula is C20H19N5O. The van der Waals surface area contributed by atoms with E-state index in [1.54, 1.807) is 30.5 Å². The van der Waals surface area contributed by atoms with Crippen molar-refractivity contribution in [3.8, 4) is 11.8 Å². The van der Waals surface area contributed by atoms with Crippen LogP contribution < -0.4 is 5.32 Å². The van der Waals surface area contributed by atoms with Crippen molar-refractivity contribution in [1.82, 2.24) is 14.7 Å². The number of nitrogens with zero attached hydrogens (tertiary/aromatic N) is 4. The largest absolute Gasteiger partial charge is 0.324 e. The second-order valence-corrected chi connectivity index (χ2v) is 6.01. The van der Waals surface area contributed by atoms with Gasteiger partial charge in [0.1, 0.15) is 6.07 Å². The highest BCUT2D eigenvalue weighted by Gasteiger charge is 2.11. The van der Waals surface area contributed by atoms with E-state index < -0.39 is 0 Å². The van der Waals surface area contributed by atoms with E-state index in [4.69, 9.17) is 5.26 Å². The lowest BCUT2D eigenvalue weighted by atomic mass is 10.2. The molecule has 0 aliphatic heterocycles. The van der Waals surface area contributed by atoms with E-state index in [2.05, 4.69) is 16.5 Å². The van der Waals surface area contributed by atoms with Crippen molar-refractivity contribution in [2.24, 2.45) is 0 Å². The van der Waals surface area contributed by atoms with Gasteiger partial charge in [-0.3, -0.25) is 9.69 Å². The molecule has 0 spiro atoms.